The fourth-order valence-electron chi connectivity index (χ4n) is 2.19. The number of methoxy groups -OCH3 is 1. The molecule has 0 bridgehead atoms. The summed E-state index contributed by atoms with van der Waals surface area (Å²) >= 11 is 0. The van der Waals surface area contributed by atoms with Crippen molar-refractivity contribution < 1.29 is 9.53 Å². The molecule has 0 fully saturated rings. The minimum absolute atomic E-state index is 0.000760. The van der Waals surface area contributed by atoms with Crippen molar-refractivity contribution in [1.29, 1.82) is 0 Å². The van der Waals surface area contributed by atoms with Crippen LogP contribution in [0.5, 0.6) is 5.75 Å². The summed E-state index contributed by atoms with van der Waals surface area (Å²) in [5.74, 6) is 0.892. The minimum atomic E-state index is -0.000760. The predicted molar refractivity (Wildman–Crippen MR) is 84.3 cm³/mol. The van der Waals surface area contributed by atoms with Crippen molar-refractivity contribution in [1.82, 2.24) is 5.32 Å². The highest BCUT2D eigenvalue weighted by atomic mass is 16.5. The van der Waals surface area contributed by atoms with Crippen molar-refractivity contribution in [2.45, 2.75) is 25.8 Å². The molecule has 1 atom stereocenters. The van der Waals surface area contributed by atoms with Crippen LogP contribution in [0.3, 0.4) is 0 Å². The van der Waals surface area contributed by atoms with Crippen molar-refractivity contribution in [2.24, 2.45) is 0 Å². The smallest absolute Gasteiger partial charge is 0.220 e. The Balaban J connectivity index is 1.83. The van der Waals surface area contributed by atoms with E-state index >= 15 is 0 Å². The number of benzene rings is 2. The summed E-state index contributed by atoms with van der Waals surface area (Å²) in [6.07, 6.45) is 1.27. The maximum absolute atomic E-state index is 12.0. The second-order valence-electron chi connectivity index (χ2n) is 5.05. The van der Waals surface area contributed by atoms with Crippen LogP contribution in [0.2, 0.25) is 0 Å². The molecule has 0 aliphatic carbocycles. The van der Waals surface area contributed by atoms with E-state index in [4.69, 9.17) is 4.74 Å². The van der Waals surface area contributed by atoms with Crippen LogP contribution in [0.1, 0.15) is 30.5 Å². The molecule has 0 aromatic heterocycles. The molecule has 0 aliphatic rings. The first-order valence-corrected chi connectivity index (χ1v) is 7.16. The van der Waals surface area contributed by atoms with Crippen molar-refractivity contribution in [3.05, 3.63) is 65.7 Å². The molecule has 3 heteroatoms. The van der Waals surface area contributed by atoms with E-state index < -0.39 is 0 Å². The molecule has 2 aromatic rings. The van der Waals surface area contributed by atoms with E-state index in [1.807, 2.05) is 61.5 Å². The van der Waals surface area contributed by atoms with E-state index in [1.165, 1.54) is 5.56 Å². The average Bonchev–Trinajstić information content (AvgIpc) is 2.54. The normalized spacial score (nSPS) is 11.7. The number of rotatable bonds is 6. The molecule has 1 amide bonds. The Morgan fingerprint density at radius 3 is 2.38 bits per heavy atom. The van der Waals surface area contributed by atoms with Crippen LogP contribution in [0.25, 0.3) is 0 Å². The maximum Gasteiger partial charge on any atom is 0.220 e. The van der Waals surface area contributed by atoms with Gasteiger partial charge >= 0.3 is 0 Å². The summed E-state index contributed by atoms with van der Waals surface area (Å²) in [5.41, 5.74) is 2.26. The molecule has 1 N–H and O–H groups in total. The zero-order chi connectivity index (χ0) is 15.1. The van der Waals surface area contributed by atoms with Crippen LogP contribution in [0.15, 0.2) is 54.6 Å². The Bertz CT molecular complexity index is 564. The molecule has 0 radical (unpaired) electrons. The standard InChI is InChI=1S/C18H21NO2/c1-14(16-9-11-17(21-2)12-10-16)19-18(20)13-8-15-6-4-3-5-7-15/h3-7,9-12,14H,8,13H2,1-2H3,(H,19,20)/t14-/m1/s1. The molecule has 3 nitrogen and oxygen atoms in total. The van der Waals surface area contributed by atoms with Gasteiger partial charge < -0.3 is 10.1 Å². The largest absolute Gasteiger partial charge is 0.497 e. The topological polar surface area (TPSA) is 38.3 Å². The average molecular weight is 283 g/mol. The summed E-state index contributed by atoms with van der Waals surface area (Å²) in [5, 5.41) is 3.02. The Morgan fingerprint density at radius 2 is 1.76 bits per heavy atom. The lowest BCUT2D eigenvalue weighted by Crippen LogP contribution is -2.26. The Labute approximate surface area is 126 Å². The lowest BCUT2D eigenvalue weighted by atomic mass is 10.1. The number of nitrogens with one attached hydrogen (secondary N) is 1. The zero-order valence-corrected chi connectivity index (χ0v) is 12.5. The quantitative estimate of drug-likeness (QED) is 0.881. The van der Waals surface area contributed by atoms with Crippen molar-refractivity contribution in [3.63, 3.8) is 0 Å². The second kappa shape index (κ2) is 7.48. The fraction of sp³-hybridized carbons (Fsp3) is 0.278. The highest BCUT2D eigenvalue weighted by molar-refractivity contribution is 5.76. The molecule has 0 saturated heterocycles. The van der Waals surface area contributed by atoms with Gasteiger partial charge in [0.25, 0.3) is 0 Å². The Morgan fingerprint density at radius 1 is 1.10 bits per heavy atom. The molecule has 0 unspecified atom stereocenters. The number of hydrogen-bond donors (Lipinski definition) is 1. The third kappa shape index (κ3) is 4.63. The molecule has 0 saturated carbocycles. The van der Waals surface area contributed by atoms with Gasteiger partial charge in [0.05, 0.1) is 13.2 Å². The van der Waals surface area contributed by atoms with Crippen LogP contribution in [0.4, 0.5) is 0 Å². The van der Waals surface area contributed by atoms with Crippen LogP contribution in [0, 0.1) is 0 Å². The molecular formula is C18H21NO2. The van der Waals surface area contributed by atoms with Gasteiger partial charge in [-0.15, -0.1) is 0 Å². The third-order valence-electron chi connectivity index (χ3n) is 3.48. The van der Waals surface area contributed by atoms with E-state index in [0.717, 1.165) is 17.7 Å². The van der Waals surface area contributed by atoms with Crippen molar-refractivity contribution in [2.75, 3.05) is 7.11 Å². The van der Waals surface area contributed by atoms with E-state index in [2.05, 4.69) is 5.32 Å². The number of aryl methyl sites for hydroxylation is 1. The van der Waals surface area contributed by atoms with Gasteiger partial charge in [0.2, 0.25) is 5.91 Å². The number of ether oxygens (including phenoxy) is 1. The highest BCUT2D eigenvalue weighted by Gasteiger charge is 2.09. The number of carbonyl (C=O) groups is 1. The van der Waals surface area contributed by atoms with Gasteiger partial charge in [0.1, 0.15) is 5.75 Å². The number of carbonyl (C=O) groups excluding carboxylic acids is 1. The van der Waals surface area contributed by atoms with Crippen LogP contribution in [-0.2, 0) is 11.2 Å². The van der Waals surface area contributed by atoms with Crippen molar-refractivity contribution in [3.8, 4) is 5.75 Å². The SMILES string of the molecule is COc1ccc([C@@H](C)NC(=O)CCc2ccccc2)cc1. The molecule has 21 heavy (non-hydrogen) atoms. The minimum Gasteiger partial charge on any atom is -0.497 e. The monoisotopic (exact) mass is 283 g/mol. The molecule has 0 spiro atoms. The molecule has 0 aliphatic heterocycles. The molecule has 2 rings (SSSR count). The van der Waals surface area contributed by atoms with Crippen LogP contribution < -0.4 is 10.1 Å². The molecule has 0 heterocycles. The lowest BCUT2D eigenvalue weighted by Gasteiger charge is -2.14. The summed E-state index contributed by atoms with van der Waals surface area (Å²) in [6.45, 7) is 1.99. The van der Waals surface area contributed by atoms with Gasteiger partial charge in [-0.1, -0.05) is 42.5 Å². The van der Waals surface area contributed by atoms with Gasteiger partial charge in [-0.2, -0.15) is 0 Å². The van der Waals surface area contributed by atoms with E-state index in [9.17, 15) is 4.79 Å². The van der Waals surface area contributed by atoms with Gasteiger partial charge in [-0.3, -0.25) is 4.79 Å². The first-order chi connectivity index (χ1) is 10.2. The van der Waals surface area contributed by atoms with E-state index in [-0.39, 0.29) is 11.9 Å². The number of hydrogen-bond acceptors (Lipinski definition) is 2. The zero-order valence-electron chi connectivity index (χ0n) is 12.5. The first kappa shape index (κ1) is 15.1. The first-order valence-electron chi connectivity index (χ1n) is 7.16. The molecule has 2 aromatic carbocycles. The Hall–Kier alpha value is -2.29. The highest BCUT2D eigenvalue weighted by Crippen LogP contribution is 2.17. The fourth-order valence-corrected chi connectivity index (χ4v) is 2.19. The van der Waals surface area contributed by atoms with Gasteiger partial charge in [0, 0.05) is 6.42 Å². The van der Waals surface area contributed by atoms with Gasteiger partial charge in [0.15, 0.2) is 0 Å². The molecule has 110 valence electrons. The second-order valence-corrected chi connectivity index (χ2v) is 5.05. The summed E-state index contributed by atoms with van der Waals surface area (Å²) in [6, 6.07) is 17.8. The number of amides is 1. The lowest BCUT2D eigenvalue weighted by molar-refractivity contribution is -0.121. The summed E-state index contributed by atoms with van der Waals surface area (Å²) < 4.78 is 5.13. The third-order valence-corrected chi connectivity index (χ3v) is 3.48. The van der Waals surface area contributed by atoms with E-state index in [1.54, 1.807) is 7.11 Å². The Kier molecular flexibility index (Phi) is 5.38. The molecular weight excluding hydrogens is 262 g/mol. The van der Waals surface area contributed by atoms with Gasteiger partial charge in [-0.05, 0) is 36.6 Å². The summed E-state index contributed by atoms with van der Waals surface area (Å²) in [7, 11) is 1.64. The maximum atomic E-state index is 12.0. The van der Waals surface area contributed by atoms with Crippen LogP contribution >= 0.6 is 0 Å². The summed E-state index contributed by atoms with van der Waals surface area (Å²) in [4.78, 5) is 12.0. The van der Waals surface area contributed by atoms with E-state index in [0.29, 0.717) is 6.42 Å². The van der Waals surface area contributed by atoms with Gasteiger partial charge in [-0.25, -0.2) is 0 Å². The predicted octanol–water partition coefficient (Wildman–Crippen LogP) is 3.51. The van der Waals surface area contributed by atoms with Crippen LogP contribution in [-0.4, -0.2) is 13.0 Å². The van der Waals surface area contributed by atoms with Crippen molar-refractivity contribution >= 4 is 5.91 Å².